The Morgan fingerprint density at radius 1 is 1.41 bits per heavy atom. The molecule has 0 saturated heterocycles. The zero-order valence-corrected chi connectivity index (χ0v) is 11.4. The van der Waals surface area contributed by atoms with Gasteiger partial charge in [-0.1, -0.05) is 30.1 Å². The third-order valence-corrected chi connectivity index (χ3v) is 3.32. The number of benzene rings is 1. The molecule has 0 aliphatic heterocycles. The predicted molar refractivity (Wildman–Crippen MR) is 72.6 cm³/mol. The van der Waals surface area contributed by atoms with E-state index in [1.165, 1.54) is 0 Å². The summed E-state index contributed by atoms with van der Waals surface area (Å²) >= 11 is 11.9. The fraction of sp³-hybridized carbons (Fsp3) is 0.462. The van der Waals surface area contributed by atoms with Gasteiger partial charge in [0.25, 0.3) is 0 Å². The van der Waals surface area contributed by atoms with Crippen LogP contribution in [0.4, 0.5) is 0 Å². The van der Waals surface area contributed by atoms with Crippen LogP contribution >= 0.6 is 23.2 Å². The molecular formula is C13H17Cl2NO. The van der Waals surface area contributed by atoms with Crippen molar-refractivity contribution in [2.45, 2.75) is 26.2 Å². The van der Waals surface area contributed by atoms with E-state index in [0.29, 0.717) is 35.3 Å². The summed E-state index contributed by atoms with van der Waals surface area (Å²) in [6, 6.07) is 5.18. The maximum atomic E-state index is 11.8. The lowest BCUT2D eigenvalue weighted by Crippen LogP contribution is -2.13. The minimum absolute atomic E-state index is 0.175. The normalized spacial score (nSPS) is 12.5. The number of carbonyl (C=O) groups is 1. The molecule has 94 valence electrons. The van der Waals surface area contributed by atoms with E-state index in [-0.39, 0.29) is 5.78 Å². The van der Waals surface area contributed by atoms with Crippen molar-refractivity contribution < 1.29 is 4.79 Å². The lowest BCUT2D eigenvalue weighted by Gasteiger charge is -2.08. The molecule has 2 nitrogen and oxygen atoms in total. The van der Waals surface area contributed by atoms with Crippen molar-refractivity contribution in [3.05, 3.63) is 33.8 Å². The lowest BCUT2D eigenvalue weighted by molar-refractivity contribution is -0.118. The number of nitrogens with two attached hydrogens (primary N) is 1. The Kier molecular flexibility index (Phi) is 5.96. The first-order valence-electron chi connectivity index (χ1n) is 5.68. The maximum absolute atomic E-state index is 11.8. The molecule has 1 aromatic carbocycles. The molecule has 0 aromatic heterocycles. The fourth-order valence-electron chi connectivity index (χ4n) is 1.50. The van der Waals surface area contributed by atoms with Crippen molar-refractivity contribution in [1.29, 1.82) is 0 Å². The molecule has 0 aliphatic carbocycles. The van der Waals surface area contributed by atoms with E-state index in [0.717, 1.165) is 12.0 Å². The summed E-state index contributed by atoms with van der Waals surface area (Å²) in [5, 5.41) is 1.20. The first-order chi connectivity index (χ1) is 8.02. The molecule has 0 heterocycles. The second kappa shape index (κ2) is 7.00. The van der Waals surface area contributed by atoms with E-state index >= 15 is 0 Å². The highest BCUT2D eigenvalue weighted by Crippen LogP contribution is 2.21. The molecule has 0 amide bonds. The third kappa shape index (κ3) is 5.07. The van der Waals surface area contributed by atoms with Crippen LogP contribution in [-0.2, 0) is 11.2 Å². The average molecular weight is 274 g/mol. The summed E-state index contributed by atoms with van der Waals surface area (Å²) in [5.41, 5.74) is 6.30. The van der Waals surface area contributed by atoms with Gasteiger partial charge in [0.05, 0.1) is 0 Å². The maximum Gasteiger partial charge on any atom is 0.137 e. The number of carbonyl (C=O) groups excluding carboxylic acids is 1. The van der Waals surface area contributed by atoms with Gasteiger partial charge in [0.1, 0.15) is 5.78 Å². The van der Waals surface area contributed by atoms with Crippen molar-refractivity contribution >= 4 is 29.0 Å². The summed E-state index contributed by atoms with van der Waals surface area (Å²) in [6.07, 6.45) is 1.71. The second-order valence-corrected chi connectivity index (χ2v) is 5.17. The molecule has 1 rings (SSSR count). The van der Waals surface area contributed by atoms with Gasteiger partial charge in [0.2, 0.25) is 0 Å². The smallest absolute Gasteiger partial charge is 0.137 e. The van der Waals surface area contributed by atoms with Gasteiger partial charge in [-0.2, -0.15) is 0 Å². The van der Waals surface area contributed by atoms with E-state index in [9.17, 15) is 4.79 Å². The number of rotatable bonds is 6. The van der Waals surface area contributed by atoms with E-state index in [4.69, 9.17) is 28.9 Å². The van der Waals surface area contributed by atoms with Crippen molar-refractivity contribution in [2.24, 2.45) is 11.7 Å². The van der Waals surface area contributed by atoms with Crippen LogP contribution < -0.4 is 5.73 Å². The average Bonchev–Trinajstić information content (AvgIpc) is 2.30. The van der Waals surface area contributed by atoms with Crippen molar-refractivity contribution in [3.63, 3.8) is 0 Å². The standard InChI is InChI=1S/C13H17Cl2NO/c1-9(8-16)2-4-12(17)7-10-6-11(14)3-5-13(10)15/h3,5-6,9H,2,4,7-8,16H2,1H3. The monoisotopic (exact) mass is 273 g/mol. The molecule has 2 N–H and O–H groups in total. The first-order valence-corrected chi connectivity index (χ1v) is 6.44. The van der Waals surface area contributed by atoms with Crippen LogP contribution in [0, 0.1) is 5.92 Å². The molecule has 1 atom stereocenters. The van der Waals surface area contributed by atoms with Gasteiger partial charge >= 0.3 is 0 Å². The SMILES string of the molecule is CC(CN)CCC(=O)Cc1cc(Cl)ccc1Cl. The van der Waals surface area contributed by atoms with Crippen LogP contribution in [0.1, 0.15) is 25.3 Å². The zero-order chi connectivity index (χ0) is 12.8. The van der Waals surface area contributed by atoms with E-state index < -0.39 is 0 Å². The Labute approximate surface area is 112 Å². The van der Waals surface area contributed by atoms with Crippen LogP contribution in [0.3, 0.4) is 0 Å². The number of hydrogen-bond donors (Lipinski definition) is 1. The molecule has 1 aromatic rings. The quantitative estimate of drug-likeness (QED) is 0.863. The first kappa shape index (κ1) is 14.5. The van der Waals surface area contributed by atoms with Gasteiger partial charge in [-0.25, -0.2) is 0 Å². The summed E-state index contributed by atoms with van der Waals surface area (Å²) in [5.74, 6) is 0.559. The van der Waals surface area contributed by atoms with Crippen molar-refractivity contribution in [3.8, 4) is 0 Å². The van der Waals surface area contributed by atoms with E-state index in [1.807, 2.05) is 6.92 Å². The Bertz CT molecular complexity index is 393. The number of ketones is 1. The molecule has 0 fully saturated rings. The summed E-state index contributed by atoms with van der Waals surface area (Å²) in [4.78, 5) is 11.8. The Morgan fingerprint density at radius 2 is 2.12 bits per heavy atom. The van der Waals surface area contributed by atoms with Crippen LogP contribution in [0.15, 0.2) is 18.2 Å². The largest absolute Gasteiger partial charge is 0.330 e. The Morgan fingerprint density at radius 3 is 2.76 bits per heavy atom. The van der Waals surface area contributed by atoms with Gasteiger partial charge in [0, 0.05) is 22.9 Å². The van der Waals surface area contributed by atoms with Crippen LogP contribution in [-0.4, -0.2) is 12.3 Å². The van der Waals surface area contributed by atoms with Crippen LogP contribution in [0.25, 0.3) is 0 Å². The highest BCUT2D eigenvalue weighted by Gasteiger charge is 2.09. The fourth-order valence-corrected chi connectivity index (χ4v) is 1.88. The molecule has 0 spiro atoms. The zero-order valence-electron chi connectivity index (χ0n) is 9.88. The van der Waals surface area contributed by atoms with Gasteiger partial charge in [-0.3, -0.25) is 4.79 Å². The molecule has 4 heteroatoms. The lowest BCUT2D eigenvalue weighted by atomic mass is 10.00. The molecular weight excluding hydrogens is 257 g/mol. The molecule has 0 aliphatic rings. The molecule has 17 heavy (non-hydrogen) atoms. The van der Waals surface area contributed by atoms with Gasteiger partial charge in [-0.15, -0.1) is 0 Å². The summed E-state index contributed by atoms with van der Waals surface area (Å²) < 4.78 is 0. The number of halogens is 2. The predicted octanol–water partition coefficient (Wildman–Crippen LogP) is 3.48. The highest BCUT2D eigenvalue weighted by molar-refractivity contribution is 6.33. The highest BCUT2D eigenvalue weighted by atomic mass is 35.5. The molecule has 0 bridgehead atoms. The minimum Gasteiger partial charge on any atom is -0.330 e. The van der Waals surface area contributed by atoms with E-state index in [1.54, 1.807) is 18.2 Å². The summed E-state index contributed by atoms with van der Waals surface area (Å²) in [7, 11) is 0. The number of hydrogen-bond acceptors (Lipinski definition) is 2. The van der Waals surface area contributed by atoms with Crippen molar-refractivity contribution in [2.75, 3.05) is 6.54 Å². The Hall–Kier alpha value is -0.570. The minimum atomic E-state index is 0.175. The number of Topliss-reactive ketones (excluding diaryl/α,β-unsaturated/α-hetero) is 1. The molecule has 1 unspecified atom stereocenters. The second-order valence-electron chi connectivity index (χ2n) is 4.33. The van der Waals surface area contributed by atoms with Crippen LogP contribution in [0.2, 0.25) is 10.0 Å². The van der Waals surface area contributed by atoms with E-state index in [2.05, 4.69) is 0 Å². The van der Waals surface area contributed by atoms with Gasteiger partial charge < -0.3 is 5.73 Å². The molecule has 0 radical (unpaired) electrons. The van der Waals surface area contributed by atoms with Gasteiger partial charge in [0.15, 0.2) is 0 Å². The summed E-state index contributed by atoms with van der Waals surface area (Å²) in [6.45, 7) is 2.66. The molecule has 0 saturated carbocycles. The van der Waals surface area contributed by atoms with Crippen LogP contribution in [0.5, 0.6) is 0 Å². The topological polar surface area (TPSA) is 43.1 Å². The van der Waals surface area contributed by atoms with Gasteiger partial charge in [-0.05, 0) is 42.6 Å². The third-order valence-electron chi connectivity index (χ3n) is 2.71. The van der Waals surface area contributed by atoms with Crippen molar-refractivity contribution in [1.82, 2.24) is 0 Å². The Balaban J connectivity index is 2.53.